The second kappa shape index (κ2) is 5.91. The van der Waals surface area contributed by atoms with Crippen molar-refractivity contribution in [2.45, 2.75) is 19.1 Å². The number of rotatable bonds is 3. The Bertz CT molecular complexity index is 486. The van der Waals surface area contributed by atoms with Crippen molar-refractivity contribution < 1.29 is 14.6 Å². The van der Waals surface area contributed by atoms with Crippen LogP contribution < -0.4 is 4.90 Å². The van der Waals surface area contributed by atoms with Crippen molar-refractivity contribution in [1.82, 2.24) is 4.90 Å². The highest BCUT2D eigenvalue weighted by molar-refractivity contribution is 5.96. The minimum Gasteiger partial charge on any atom is -0.391 e. The average Bonchev–Trinajstić information content (AvgIpc) is 2.79. The van der Waals surface area contributed by atoms with Gasteiger partial charge >= 0.3 is 0 Å². The molecule has 1 aromatic rings. The largest absolute Gasteiger partial charge is 0.391 e. The number of hydrogen-bond acceptors (Lipinski definition) is 4. The molecular weight excluding hydrogens is 256 g/mol. The van der Waals surface area contributed by atoms with Crippen molar-refractivity contribution in [3.05, 3.63) is 29.8 Å². The highest BCUT2D eigenvalue weighted by Crippen LogP contribution is 2.23. The zero-order valence-electron chi connectivity index (χ0n) is 11.5. The predicted octanol–water partition coefficient (Wildman–Crippen LogP) is 0.616. The molecule has 2 aliphatic heterocycles. The first kappa shape index (κ1) is 13.5. The number of ether oxygens (including phenoxy) is 1. The summed E-state index contributed by atoms with van der Waals surface area (Å²) < 4.78 is 5.35. The highest BCUT2D eigenvalue weighted by Gasteiger charge is 2.29. The van der Waals surface area contributed by atoms with Gasteiger partial charge in [0.1, 0.15) is 0 Å². The van der Waals surface area contributed by atoms with Crippen LogP contribution in [-0.2, 0) is 16.1 Å². The third-order valence-corrected chi connectivity index (χ3v) is 3.84. The van der Waals surface area contributed by atoms with Gasteiger partial charge in [0.15, 0.2) is 0 Å². The Hall–Kier alpha value is -1.43. The van der Waals surface area contributed by atoms with Gasteiger partial charge in [-0.1, -0.05) is 12.1 Å². The molecule has 20 heavy (non-hydrogen) atoms. The molecule has 108 valence electrons. The second-order valence-corrected chi connectivity index (χ2v) is 5.42. The SMILES string of the molecule is O=C1CC(O)CN1c1cccc(CN2CCOCC2)c1. The minimum absolute atomic E-state index is 0.000947. The Morgan fingerprint density at radius 3 is 2.80 bits per heavy atom. The molecule has 1 unspecified atom stereocenters. The highest BCUT2D eigenvalue weighted by atomic mass is 16.5. The number of aliphatic hydroxyl groups excluding tert-OH is 1. The number of nitrogens with zero attached hydrogens (tertiary/aromatic N) is 2. The summed E-state index contributed by atoms with van der Waals surface area (Å²) in [5.74, 6) is 0.000947. The maximum absolute atomic E-state index is 11.8. The van der Waals surface area contributed by atoms with Crippen LogP contribution in [-0.4, -0.2) is 54.9 Å². The summed E-state index contributed by atoms with van der Waals surface area (Å²) in [6, 6.07) is 8.03. The molecule has 0 spiro atoms. The Morgan fingerprint density at radius 2 is 2.10 bits per heavy atom. The fourth-order valence-corrected chi connectivity index (χ4v) is 2.78. The summed E-state index contributed by atoms with van der Waals surface area (Å²) in [4.78, 5) is 15.8. The molecule has 0 bridgehead atoms. The first-order chi connectivity index (χ1) is 9.72. The van der Waals surface area contributed by atoms with Crippen molar-refractivity contribution >= 4 is 11.6 Å². The van der Waals surface area contributed by atoms with Crippen molar-refractivity contribution in [2.75, 3.05) is 37.7 Å². The van der Waals surface area contributed by atoms with Gasteiger partial charge < -0.3 is 14.7 Å². The summed E-state index contributed by atoms with van der Waals surface area (Å²) >= 11 is 0. The molecule has 2 aliphatic rings. The van der Waals surface area contributed by atoms with Crippen molar-refractivity contribution in [3.63, 3.8) is 0 Å². The van der Waals surface area contributed by atoms with E-state index in [4.69, 9.17) is 4.74 Å². The summed E-state index contributed by atoms with van der Waals surface area (Å²) in [5.41, 5.74) is 2.08. The lowest BCUT2D eigenvalue weighted by Crippen LogP contribution is -2.35. The maximum atomic E-state index is 11.8. The van der Waals surface area contributed by atoms with Crippen LogP contribution in [0.1, 0.15) is 12.0 Å². The molecule has 1 aromatic carbocycles. The second-order valence-electron chi connectivity index (χ2n) is 5.42. The van der Waals surface area contributed by atoms with Crippen LogP contribution in [0, 0.1) is 0 Å². The quantitative estimate of drug-likeness (QED) is 0.879. The van der Waals surface area contributed by atoms with E-state index in [0.29, 0.717) is 6.54 Å². The van der Waals surface area contributed by atoms with Gasteiger partial charge in [0.2, 0.25) is 5.91 Å². The molecule has 2 saturated heterocycles. The molecular formula is C15H20N2O3. The summed E-state index contributed by atoms with van der Waals surface area (Å²) in [6.45, 7) is 4.76. The molecule has 0 aromatic heterocycles. The number of morpholine rings is 1. The van der Waals surface area contributed by atoms with E-state index in [0.717, 1.165) is 38.5 Å². The number of carbonyl (C=O) groups is 1. The van der Waals surface area contributed by atoms with Gasteiger partial charge in [-0.3, -0.25) is 9.69 Å². The third kappa shape index (κ3) is 3.00. The van der Waals surface area contributed by atoms with Crippen LogP contribution in [0.2, 0.25) is 0 Å². The first-order valence-corrected chi connectivity index (χ1v) is 7.10. The van der Waals surface area contributed by atoms with Gasteiger partial charge in [-0.2, -0.15) is 0 Å². The lowest BCUT2D eigenvalue weighted by Gasteiger charge is -2.27. The van der Waals surface area contributed by atoms with E-state index in [1.165, 1.54) is 5.56 Å². The normalized spacial score (nSPS) is 24.4. The fraction of sp³-hybridized carbons (Fsp3) is 0.533. The van der Waals surface area contributed by atoms with Crippen LogP contribution in [0.25, 0.3) is 0 Å². The minimum atomic E-state index is -0.537. The summed E-state index contributed by atoms with van der Waals surface area (Å²) in [6.07, 6.45) is -0.307. The average molecular weight is 276 g/mol. The Balaban J connectivity index is 1.70. The van der Waals surface area contributed by atoms with Crippen LogP contribution >= 0.6 is 0 Å². The summed E-state index contributed by atoms with van der Waals surface area (Å²) in [7, 11) is 0. The van der Waals surface area contributed by atoms with E-state index in [9.17, 15) is 9.90 Å². The van der Waals surface area contributed by atoms with Crippen molar-refractivity contribution in [2.24, 2.45) is 0 Å². The first-order valence-electron chi connectivity index (χ1n) is 7.10. The third-order valence-electron chi connectivity index (χ3n) is 3.84. The molecule has 1 atom stereocenters. The Kier molecular flexibility index (Phi) is 4.00. The molecule has 0 radical (unpaired) electrons. The van der Waals surface area contributed by atoms with Crippen LogP contribution in [0.15, 0.2) is 24.3 Å². The van der Waals surface area contributed by atoms with Gasteiger partial charge in [-0.25, -0.2) is 0 Å². The van der Waals surface area contributed by atoms with E-state index >= 15 is 0 Å². The molecule has 2 fully saturated rings. The number of anilines is 1. The Labute approximate surface area is 118 Å². The number of hydrogen-bond donors (Lipinski definition) is 1. The lowest BCUT2D eigenvalue weighted by molar-refractivity contribution is -0.117. The number of carbonyl (C=O) groups excluding carboxylic acids is 1. The maximum Gasteiger partial charge on any atom is 0.229 e. The number of amides is 1. The topological polar surface area (TPSA) is 53.0 Å². The van der Waals surface area contributed by atoms with Gasteiger partial charge in [0.05, 0.1) is 32.3 Å². The summed E-state index contributed by atoms with van der Waals surface area (Å²) in [5, 5.41) is 9.58. The molecule has 5 nitrogen and oxygen atoms in total. The van der Waals surface area contributed by atoms with E-state index in [1.54, 1.807) is 4.90 Å². The van der Waals surface area contributed by atoms with E-state index in [-0.39, 0.29) is 12.3 Å². The molecule has 0 saturated carbocycles. The smallest absolute Gasteiger partial charge is 0.229 e. The van der Waals surface area contributed by atoms with Crippen molar-refractivity contribution in [1.29, 1.82) is 0 Å². The molecule has 0 aliphatic carbocycles. The molecule has 1 amide bonds. The molecule has 3 rings (SSSR count). The van der Waals surface area contributed by atoms with Crippen LogP contribution in [0.3, 0.4) is 0 Å². The molecule has 1 N–H and O–H groups in total. The van der Waals surface area contributed by atoms with Gasteiger partial charge in [0, 0.05) is 25.3 Å². The van der Waals surface area contributed by atoms with E-state index in [1.807, 2.05) is 18.2 Å². The number of aliphatic hydroxyl groups is 1. The van der Waals surface area contributed by atoms with Crippen LogP contribution in [0.5, 0.6) is 0 Å². The van der Waals surface area contributed by atoms with Gasteiger partial charge in [-0.05, 0) is 17.7 Å². The predicted molar refractivity (Wildman–Crippen MR) is 75.5 cm³/mol. The standard InChI is InChI=1S/C15H20N2O3/c18-14-9-15(19)17(11-14)13-3-1-2-12(8-13)10-16-4-6-20-7-5-16/h1-3,8,14,18H,4-7,9-11H2. The molecule has 2 heterocycles. The van der Waals surface area contributed by atoms with Gasteiger partial charge in [-0.15, -0.1) is 0 Å². The molecule has 5 heteroatoms. The van der Waals surface area contributed by atoms with E-state index in [2.05, 4.69) is 11.0 Å². The van der Waals surface area contributed by atoms with E-state index < -0.39 is 6.10 Å². The van der Waals surface area contributed by atoms with Crippen molar-refractivity contribution in [3.8, 4) is 0 Å². The number of β-amino-alcohol motifs (C(OH)–C–C–N with tert-alkyl or cyclic N) is 1. The zero-order chi connectivity index (χ0) is 13.9. The zero-order valence-corrected chi connectivity index (χ0v) is 11.5. The number of benzene rings is 1. The monoisotopic (exact) mass is 276 g/mol. The fourth-order valence-electron chi connectivity index (χ4n) is 2.78. The Morgan fingerprint density at radius 1 is 1.30 bits per heavy atom. The van der Waals surface area contributed by atoms with Crippen LogP contribution in [0.4, 0.5) is 5.69 Å². The van der Waals surface area contributed by atoms with Gasteiger partial charge in [0.25, 0.3) is 0 Å². The lowest BCUT2D eigenvalue weighted by atomic mass is 10.1.